The number of rotatable bonds is 2. The Kier molecular flexibility index (Phi) is 3.11. The summed E-state index contributed by atoms with van der Waals surface area (Å²) in [7, 11) is 0. The minimum absolute atomic E-state index is 0.125. The maximum absolute atomic E-state index is 11.5. The summed E-state index contributed by atoms with van der Waals surface area (Å²) in [6.07, 6.45) is 0.886. The Labute approximate surface area is 76.7 Å². The van der Waals surface area contributed by atoms with Crippen LogP contribution >= 0.6 is 0 Å². The van der Waals surface area contributed by atoms with Gasteiger partial charge < -0.3 is 15.3 Å². The normalized spacial score (nSPS) is 18.4. The summed E-state index contributed by atoms with van der Waals surface area (Å²) in [5.74, 6) is -0.125. The number of nitrogens with one attached hydrogen (secondary N) is 1. The SMILES string of the molecule is CC(NC(=O)O)C(=O)N1CCCC1. The molecule has 5 heteroatoms. The Bertz CT molecular complexity index is 211. The average molecular weight is 186 g/mol. The molecule has 1 aliphatic heterocycles. The minimum atomic E-state index is -1.15. The van der Waals surface area contributed by atoms with Crippen molar-refractivity contribution in [1.82, 2.24) is 10.2 Å². The van der Waals surface area contributed by atoms with Crippen LogP contribution in [0.5, 0.6) is 0 Å². The van der Waals surface area contributed by atoms with Crippen LogP contribution in [0.3, 0.4) is 0 Å². The summed E-state index contributed by atoms with van der Waals surface area (Å²) < 4.78 is 0. The number of amides is 2. The van der Waals surface area contributed by atoms with Gasteiger partial charge in [-0.3, -0.25) is 4.79 Å². The lowest BCUT2D eigenvalue weighted by Gasteiger charge is -2.19. The highest BCUT2D eigenvalue weighted by Crippen LogP contribution is 2.08. The van der Waals surface area contributed by atoms with E-state index in [9.17, 15) is 9.59 Å². The summed E-state index contributed by atoms with van der Waals surface area (Å²) in [6, 6.07) is -0.629. The fourth-order valence-electron chi connectivity index (χ4n) is 1.46. The van der Waals surface area contributed by atoms with Gasteiger partial charge in [0.15, 0.2) is 0 Å². The summed E-state index contributed by atoms with van der Waals surface area (Å²) in [5, 5.41) is 10.5. The van der Waals surface area contributed by atoms with E-state index in [1.54, 1.807) is 11.8 Å². The number of carbonyl (C=O) groups excluding carboxylic acids is 1. The van der Waals surface area contributed by atoms with Crippen molar-refractivity contribution in [2.45, 2.75) is 25.8 Å². The Hall–Kier alpha value is -1.26. The van der Waals surface area contributed by atoms with Crippen molar-refractivity contribution < 1.29 is 14.7 Å². The highest BCUT2D eigenvalue weighted by Gasteiger charge is 2.23. The molecule has 0 bridgehead atoms. The van der Waals surface area contributed by atoms with Crippen LogP contribution in [0.4, 0.5) is 4.79 Å². The van der Waals surface area contributed by atoms with Gasteiger partial charge in [-0.25, -0.2) is 4.79 Å². The van der Waals surface area contributed by atoms with Crippen molar-refractivity contribution in [3.05, 3.63) is 0 Å². The number of nitrogens with zero attached hydrogens (tertiary/aromatic N) is 1. The van der Waals surface area contributed by atoms with E-state index >= 15 is 0 Å². The van der Waals surface area contributed by atoms with E-state index in [1.165, 1.54) is 0 Å². The third kappa shape index (κ3) is 2.61. The maximum atomic E-state index is 11.5. The molecule has 0 aromatic carbocycles. The van der Waals surface area contributed by atoms with E-state index in [2.05, 4.69) is 5.32 Å². The van der Waals surface area contributed by atoms with Crippen LogP contribution in [0.1, 0.15) is 19.8 Å². The third-order valence-electron chi connectivity index (χ3n) is 2.13. The number of hydrogen-bond acceptors (Lipinski definition) is 2. The zero-order valence-corrected chi connectivity index (χ0v) is 7.62. The maximum Gasteiger partial charge on any atom is 0.405 e. The Morgan fingerprint density at radius 3 is 2.38 bits per heavy atom. The third-order valence-corrected chi connectivity index (χ3v) is 2.13. The second kappa shape index (κ2) is 4.11. The molecule has 13 heavy (non-hydrogen) atoms. The Balaban J connectivity index is 2.41. The van der Waals surface area contributed by atoms with Gasteiger partial charge in [-0.05, 0) is 19.8 Å². The van der Waals surface area contributed by atoms with Crippen LogP contribution in [0.2, 0.25) is 0 Å². The van der Waals surface area contributed by atoms with E-state index in [-0.39, 0.29) is 5.91 Å². The molecule has 1 rings (SSSR count). The topological polar surface area (TPSA) is 69.6 Å². The van der Waals surface area contributed by atoms with Gasteiger partial charge in [-0.1, -0.05) is 0 Å². The number of carboxylic acid groups (broad SMARTS) is 1. The zero-order chi connectivity index (χ0) is 9.84. The van der Waals surface area contributed by atoms with Gasteiger partial charge in [0.1, 0.15) is 6.04 Å². The first-order valence-corrected chi connectivity index (χ1v) is 4.39. The van der Waals surface area contributed by atoms with Gasteiger partial charge >= 0.3 is 6.09 Å². The molecular weight excluding hydrogens is 172 g/mol. The molecule has 74 valence electrons. The molecule has 1 unspecified atom stereocenters. The van der Waals surface area contributed by atoms with E-state index in [4.69, 9.17) is 5.11 Å². The molecule has 0 aliphatic carbocycles. The molecule has 1 saturated heterocycles. The fourth-order valence-corrected chi connectivity index (χ4v) is 1.46. The van der Waals surface area contributed by atoms with Crippen molar-refractivity contribution in [3.8, 4) is 0 Å². The lowest BCUT2D eigenvalue weighted by molar-refractivity contribution is -0.131. The highest BCUT2D eigenvalue weighted by atomic mass is 16.4. The summed E-state index contributed by atoms with van der Waals surface area (Å²) in [4.78, 5) is 23.4. The molecule has 1 fully saturated rings. The molecule has 0 radical (unpaired) electrons. The molecule has 2 amide bonds. The first kappa shape index (κ1) is 9.83. The largest absolute Gasteiger partial charge is 0.465 e. The summed E-state index contributed by atoms with van der Waals surface area (Å²) >= 11 is 0. The van der Waals surface area contributed by atoms with Gasteiger partial charge in [0.25, 0.3) is 0 Å². The molecule has 0 spiro atoms. The van der Waals surface area contributed by atoms with Gasteiger partial charge in [0, 0.05) is 13.1 Å². The highest BCUT2D eigenvalue weighted by molar-refractivity contribution is 5.85. The van der Waals surface area contributed by atoms with Crippen molar-refractivity contribution >= 4 is 12.0 Å². The van der Waals surface area contributed by atoms with Crippen molar-refractivity contribution in [2.24, 2.45) is 0 Å². The number of hydrogen-bond donors (Lipinski definition) is 2. The van der Waals surface area contributed by atoms with E-state index in [0.717, 1.165) is 25.9 Å². The lowest BCUT2D eigenvalue weighted by atomic mass is 10.3. The monoisotopic (exact) mass is 186 g/mol. The molecule has 2 N–H and O–H groups in total. The van der Waals surface area contributed by atoms with Gasteiger partial charge in [-0.15, -0.1) is 0 Å². The van der Waals surface area contributed by atoms with Crippen molar-refractivity contribution in [2.75, 3.05) is 13.1 Å². The average Bonchev–Trinajstić information content (AvgIpc) is 2.53. The second-order valence-corrected chi connectivity index (χ2v) is 3.20. The van der Waals surface area contributed by atoms with Crippen LogP contribution in [0.25, 0.3) is 0 Å². The number of likely N-dealkylation sites (tertiary alicyclic amines) is 1. The second-order valence-electron chi connectivity index (χ2n) is 3.20. The predicted octanol–water partition coefficient (Wildman–Crippen LogP) is 0.265. The molecule has 0 aromatic heterocycles. The number of carbonyl (C=O) groups is 2. The molecular formula is C8H14N2O3. The predicted molar refractivity (Wildman–Crippen MR) is 46.4 cm³/mol. The van der Waals surface area contributed by atoms with E-state index in [0.29, 0.717) is 0 Å². The van der Waals surface area contributed by atoms with Crippen molar-refractivity contribution in [3.63, 3.8) is 0 Å². The van der Waals surface area contributed by atoms with Crippen LogP contribution in [0, 0.1) is 0 Å². The van der Waals surface area contributed by atoms with Gasteiger partial charge in [0.2, 0.25) is 5.91 Å². The van der Waals surface area contributed by atoms with Crippen molar-refractivity contribution in [1.29, 1.82) is 0 Å². The van der Waals surface area contributed by atoms with Crippen LogP contribution in [0.15, 0.2) is 0 Å². The van der Waals surface area contributed by atoms with Gasteiger partial charge in [-0.2, -0.15) is 0 Å². The zero-order valence-electron chi connectivity index (χ0n) is 7.62. The minimum Gasteiger partial charge on any atom is -0.465 e. The van der Waals surface area contributed by atoms with Crippen LogP contribution < -0.4 is 5.32 Å². The Morgan fingerprint density at radius 1 is 1.38 bits per heavy atom. The summed E-state index contributed by atoms with van der Waals surface area (Å²) in [5.41, 5.74) is 0. The lowest BCUT2D eigenvalue weighted by Crippen LogP contribution is -2.45. The van der Waals surface area contributed by atoms with Gasteiger partial charge in [0.05, 0.1) is 0 Å². The van der Waals surface area contributed by atoms with E-state index < -0.39 is 12.1 Å². The molecule has 0 saturated carbocycles. The standard InChI is InChI=1S/C8H14N2O3/c1-6(9-8(12)13)7(11)10-4-2-3-5-10/h6,9H,2-5H2,1H3,(H,12,13). The van der Waals surface area contributed by atoms with Crippen LogP contribution in [-0.2, 0) is 4.79 Å². The summed E-state index contributed by atoms with van der Waals surface area (Å²) in [6.45, 7) is 3.07. The first-order chi connectivity index (χ1) is 6.11. The quantitative estimate of drug-likeness (QED) is 0.650. The first-order valence-electron chi connectivity index (χ1n) is 4.39. The molecule has 1 aliphatic rings. The smallest absolute Gasteiger partial charge is 0.405 e. The molecule has 5 nitrogen and oxygen atoms in total. The molecule has 0 aromatic rings. The molecule has 1 heterocycles. The van der Waals surface area contributed by atoms with E-state index in [1.807, 2.05) is 0 Å². The Morgan fingerprint density at radius 2 is 1.92 bits per heavy atom. The van der Waals surface area contributed by atoms with Crippen LogP contribution in [-0.4, -0.2) is 41.1 Å². The fraction of sp³-hybridized carbons (Fsp3) is 0.750. The molecule has 1 atom stereocenters.